The lowest BCUT2D eigenvalue weighted by Gasteiger charge is -2.48. The summed E-state index contributed by atoms with van der Waals surface area (Å²) in [5.41, 5.74) is 0. The number of rotatable bonds is 63. The van der Waals surface area contributed by atoms with Crippen LogP contribution in [0.5, 0.6) is 0 Å². The molecule has 0 aromatic heterocycles. The summed E-state index contributed by atoms with van der Waals surface area (Å²) in [5, 5.41) is 121. The first-order valence-corrected chi connectivity index (χ1v) is 39.3. The highest BCUT2D eigenvalue weighted by atomic mass is 16.8. The highest BCUT2D eigenvalue weighted by Crippen LogP contribution is 2.33. The molecule has 0 aromatic carbocycles. The van der Waals surface area contributed by atoms with E-state index in [9.17, 15) is 61.0 Å². The molecule has 17 unspecified atom stereocenters. The number of hydrogen-bond acceptors (Lipinski definition) is 18. The van der Waals surface area contributed by atoms with Gasteiger partial charge in [0.25, 0.3) is 0 Å². The summed E-state index contributed by atoms with van der Waals surface area (Å²) in [6.07, 6.45) is 37.9. The minimum absolute atomic E-state index is 0.234. The van der Waals surface area contributed by atoms with Crippen molar-refractivity contribution in [1.29, 1.82) is 0 Å². The maximum absolute atomic E-state index is 13.5. The number of carbonyl (C=O) groups excluding carboxylic acids is 1. The summed E-state index contributed by atoms with van der Waals surface area (Å²) in [6, 6.07) is -0.882. The Morgan fingerprint density at radius 2 is 0.606 bits per heavy atom. The molecule has 0 aromatic rings. The van der Waals surface area contributed by atoms with Crippen molar-refractivity contribution >= 4 is 5.91 Å². The molecular formula is C75H145NO18. The number of aliphatic hydroxyl groups excluding tert-OH is 11. The molecule has 3 aliphatic rings. The number of amides is 1. The number of unbranched alkanes of at least 4 members (excludes halogenated alkanes) is 47. The van der Waals surface area contributed by atoms with Gasteiger partial charge in [-0.25, -0.2) is 0 Å². The van der Waals surface area contributed by atoms with Gasteiger partial charge in [-0.05, 0) is 12.8 Å². The van der Waals surface area contributed by atoms with Crippen LogP contribution in [0.3, 0.4) is 0 Å². The van der Waals surface area contributed by atoms with Crippen LogP contribution in [0.25, 0.3) is 0 Å². The Labute approximate surface area is 570 Å². The largest absolute Gasteiger partial charge is 0.394 e. The van der Waals surface area contributed by atoms with Crippen LogP contribution in [-0.2, 0) is 33.2 Å². The molecule has 1 amide bonds. The van der Waals surface area contributed by atoms with Crippen LogP contribution in [0.1, 0.15) is 341 Å². The molecule has 3 saturated heterocycles. The SMILES string of the molecule is CCCCCCCCCCCCCCCCCCCCCCCCCCCCCCCCCCCCC(=O)NC(COC1OC(CO)C(OC2OC(CO)C(OC3OC(CO)C(O)C(O)C3O)C(O)C2O)C(O)C1O)C(O)CCCCCCCCCCCCCCCCC. The maximum Gasteiger partial charge on any atom is 0.220 e. The second-order valence-corrected chi connectivity index (χ2v) is 28.5. The van der Waals surface area contributed by atoms with Crippen molar-refractivity contribution in [2.45, 2.75) is 446 Å². The first kappa shape index (κ1) is 87.0. The second-order valence-electron chi connectivity index (χ2n) is 28.5. The second kappa shape index (κ2) is 57.4. The topological polar surface area (TPSA) is 307 Å². The zero-order chi connectivity index (χ0) is 68.2. The molecule has 94 heavy (non-hydrogen) atoms. The fraction of sp³-hybridized carbons (Fsp3) is 0.987. The van der Waals surface area contributed by atoms with Gasteiger partial charge in [0.15, 0.2) is 18.9 Å². The van der Waals surface area contributed by atoms with Crippen LogP contribution >= 0.6 is 0 Å². The molecule has 3 rings (SSSR count). The first-order valence-electron chi connectivity index (χ1n) is 39.3. The van der Waals surface area contributed by atoms with E-state index in [1.807, 2.05) is 0 Å². The maximum atomic E-state index is 13.5. The van der Waals surface area contributed by atoms with Crippen molar-refractivity contribution in [3.05, 3.63) is 0 Å². The Bertz CT molecular complexity index is 1700. The Morgan fingerprint density at radius 3 is 0.926 bits per heavy atom. The van der Waals surface area contributed by atoms with Crippen molar-refractivity contribution in [2.75, 3.05) is 26.4 Å². The van der Waals surface area contributed by atoms with Crippen molar-refractivity contribution in [2.24, 2.45) is 0 Å². The molecule has 0 radical (unpaired) electrons. The predicted octanol–water partition coefficient (Wildman–Crippen LogP) is 12.2. The van der Waals surface area contributed by atoms with Gasteiger partial charge in [-0.3, -0.25) is 4.79 Å². The van der Waals surface area contributed by atoms with E-state index in [-0.39, 0.29) is 18.9 Å². The predicted molar refractivity (Wildman–Crippen MR) is 370 cm³/mol. The number of hydrogen-bond donors (Lipinski definition) is 12. The zero-order valence-electron chi connectivity index (χ0n) is 59.5. The minimum atomic E-state index is -1.97. The zero-order valence-corrected chi connectivity index (χ0v) is 59.5. The Kier molecular flexibility index (Phi) is 53.1. The molecule has 17 atom stereocenters. The monoisotopic (exact) mass is 1350 g/mol. The van der Waals surface area contributed by atoms with Gasteiger partial charge in [-0.2, -0.15) is 0 Å². The van der Waals surface area contributed by atoms with Gasteiger partial charge in [0.2, 0.25) is 5.91 Å². The van der Waals surface area contributed by atoms with Crippen LogP contribution in [0.4, 0.5) is 0 Å². The van der Waals surface area contributed by atoms with Crippen LogP contribution < -0.4 is 5.32 Å². The number of carbonyl (C=O) groups is 1. The summed E-state index contributed by atoms with van der Waals surface area (Å²) < 4.78 is 34.5. The Balaban J connectivity index is 1.32. The highest BCUT2D eigenvalue weighted by molar-refractivity contribution is 5.76. The summed E-state index contributed by atoms with van der Waals surface area (Å²) >= 11 is 0. The van der Waals surface area contributed by atoms with Gasteiger partial charge in [0, 0.05) is 6.42 Å². The summed E-state index contributed by atoms with van der Waals surface area (Å²) in [5.74, 6) is -0.234. The lowest BCUT2D eigenvalue weighted by Crippen LogP contribution is -2.66. The lowest BCUT2D eigenvalue weighted by atomic mass is 9.96. The van der Waals surface area contributed by atoms with Crippen LogP contribution in [-0.4, -0.2) is 193 Å². The van der Waals surface area contributed by atoms with Crippen LogP contribution in [0.2, 0.25) is 0 Å². The van der Waals surface area contributed by atoms with Gasteiger partial charge in [0.05, 0.1) is 38.6 Å². The third-order valence-electron chi connectivity index (χ3n) is 20.2. The number of ether oxygens (including phenoxy) is 6. The number of nitrogens with one attached hydrogen (secondary N) is 1. The van der Waals surface area contributed by atoms with Gasteiger partial charge in [0.1, 0.15) is 73.2 Å². The fourth-order valence-corrected chi connectivity index (χ4v) is 13.8. The van der Waals surface area contributed by atoms with Gasteiger partial charge in [-0.1, -0.05) is 322 Å². The number of aliphatic hydroxyl groups is 11. The van der Waals surface area contributed by atoms with E-state index >= 15 is 0 Å². The van der Waals surface area contributed by atoms with E-state index in [0.717, 1.165) is 44.9 Å². The van der Waals surface area contributed by atoms with E-state index < -0.39 is 124 Å². The third-order valence-corrected chi connectivity index (χ3v) is 20.2. The Hall–Kier alpha value is -1.21. The molecule has 0 saturated carbocycles. The molecule has 19 heteroatoms. The third kappa shape index (κ3) is 38.0. The molecule has 0 bridgehead atoms. The molecular weight excluding hydrogens is 1200 g/mol. The first-order chi connectivity index (χ1) is 45.8. The van der Waals surface area contributed by atoms with Crippen molar-refractivity contribution in [1.82, 2.24) is 5.32 Å². The highest BCUT2D eigenvalue weighted by Gasteiger charge is 2.54. The molecule has 0 spiro atoms. The molecule has 0 aliphatic carbocycles. The van der Waals surface area contributed by atoms with Crippen molar-refractivity contribution in [3.63, 3.8) is 0 Å². The molecule has 3 aliphatic heterocycles. The quantitative estimate of drug-likeness (QED) is 0.0252. The van der Waals surface area contributed by atoms with E-state index in [0.29, 0.717) is 12.8 Å². The van der Waals surface area contributed by atoms with E-state index in [2.05, 4.69) is 19.2 Å². The fourth-order valence-electron chi connectivity index (χ4n) is 13.8. The van der Waals surface area contributed by atoms with Crippen LogP contribution in [0, 0.1) is 0 Å². The summed E-state index contributed by atoms with van der Waals surface area (Å²) in [6.45, 7) is 1.85. The van der Waals surface area contributed by atoms with Gasteiger partial charge < -0.3 is 89.9 Å². The minimum Gasteiger partial charge on any atom is -0.394 e. The smallest absolute Gasteiger partial charge is 0.220 e. The Morgan fingerprint density at radius 1 is 0.340 bits per heavy atom. The lowest BCUT2D eigenvalue weighted by molar-refractivity contribution is -0.379. The molecule has 3 heterocycles. The molecule has 3 fully saturated rings. The van der Waals surface area contributed by atoms with Crippen molar-refractivity contribution < 1.29 is 89.4 Å². The normalized spacial score (nSPS) is 27.3. The van der Waals surface area contributed by atoms with Crippen LogP contribution in [0.15, 0.2) is 0 Å². The van der Waals surface area contributed by atoms with E-state index in [1.54, 1.807) is 0 Å². The average Bonchev–Trinajstić information content (AvgIpc) is 0.835. The standard InChI is InChI=1S/C75H145NO18/c1-3-5-7-9-11-13-15-17-19-20-21-22-23-24-25-26-27-28-29-30-31-32-33-34-35-36-37-39-41-43-45-47-49-51-53-63(81)76-58(59(80)52-50-48-46-44-42-40-38-18-16-14-12-10-8-6-4-2)57-89-73-69(87)66(84)71(61(55-78)91-73)94-75-70(88)67(85)72(62(56-79)92-75)93-74-68(86)65(83)64(82)60(54-77)90-74/h58-62,64-75,77-80,82-88H,3-57H2,1-2H3,(H,76,81). The van der Waals surface area contributed by atoms with Gasteiger partial charge >= 0.3 is 0 Å². The van der Waals surface area contributed by atoms with E-state index in [1.165, 1.54) is 263 Å². The van der Waals surface area contributed by atoms with Gasteiger partial charge in [-0.15, -0.1) is 0 Å². The summed E-state index contributed by atoms with van der Waals surface area (Å²) in [7, 11) is 0. The van der Waals surface area contributed by atoms with E-state index in [4.69, 9.17) is 28.4 Å². The molecule has 12 N–H and O–H groups in total. The molecule has 558 valence electrons. The average molecular weight is 1350 g/mol. The van der Waals surface area contributed by atoms with Crippen molar-refractivity contribution in [3.8, 4) is 0 Å². The summed E-state index contributed by atoms with van der Waals surface area (Å²) in [4.78, 5) is 13.5. The molecule has 19 nitrogen and oxygen atoms in total.